The molecule has 0 saturated heterocycles. The molecule has 0 radical (unpaired) electrons. The van der Waals surface area contributed by atoms with Crippen LogP contribution in [0.15, 0.2) is 52.1 Å². The quantitative estimate of drug-likeness (QED) is 0.531. The van der Waals surface area contributed by atoms with Crippen molar-refractivity contribution in [3.63, 3.8) is 0 Å². The normalized spacial score (nSPS) is 10.6. The molecular weight excluding hydrogens is 300 g/mol. The second kappa shape index (κ2) is 5.34. The Labute approximate surface area is 128 Å². The molecule has 0 atom stereocenters. The molecule has 0 saturated carbocycles. The third kappa shape index (κ3) is 2.64. The summed E-state index contributed by atoms with van der Waals surface area (Å²) in [6.07, 6.45) is -1.23. The zero-order valence-corrected chi connectivity index (χ0v) is 11.7. The average Bonchev–Trinajstić information content (AvgIpc) is 2.48. The summed E-state index contributed by atoms with van der Waals surface area (Å²) < 4.78 is 0.992. The average molecular weight is 312 g/mol. The van der Waals surface area contributed by atoms with Gasteiger partial charge in [0.25, 0.3) is 5.56 Å². The fourth-order valence-electron chi connectivity index (χ4n) is 2.28. The van der Waals surface area contributed by atoms with Gasteiger partial charge in [0.15, 0.2) is 0 Å². The summed E-state index contributed by atoms with van der Waals surface area (Å²) in [6.45, 7) is 0. The molecule has 1 amide bonds. The molecule has 0 unspecified atom stereocenters. The van der Waals surface area contributed by atoms with E-state index in [1.807, 2.05) is 0 Å². The van der Waals surface area contributed by atoms with E-state index in [0.717, 1.165) is 4.57 Å². The van der Waals surface area contributed by atoms with E-state index in [1.54, 1.807) is 24.3 Å². The summed E-state index contributed by atoms with van der Waals surface area (Å²) in [5, 5.41) is 11.1. The van der Waals surface area contributed by atoms with Gasteiger partial charge < -0.3 is 15.8 Å². The molecule has 8 heteroatoms. The molecule has 0 bridgehead atoms. The molecule has 23 heavy (non-hydrogen) atoms. The van der Waals surface area contributed by atoms with Crippen molar-refractivity contribution in [3.05, 3.63) is 63.3 Å². The first-order valence-electron chi connectivity index (χ1n) is 6.60. The maximum atomic E-state index is 12.5. The number of nitrogen functional groups attached to an aromatic ring is 1. The number of anilines is 2. The Hall–Kier alpha value is -3.55. The van der Waals surface area contributed by atoms with Crippen molar-refractivity contribution < 1.29 is 9.90 Å². The zero-order valence-electron chi connectivity index (χ0n) is 11.7. The highest BCUT2D eigenvalue weighted by molar-refractivity contribution is 5.88. The summed E-state index contributed by atoms with van der Waals surface area (Å²) in [7, 11) is 0. The molecule has 2 aromatic carbocycles. The van der Waals surface area contributed by atoms with Crippen LogP contribution in [0.1, 0.15) is 0 Å². The molecule has 5 N–H and O–H groups in total. The molecule has 116 valence electrons. The van der Waals surface area contributed by atoms with Gasteiger partial charge in [0, 0.05) is 11.4 Å². The van der Waals surface area contributed by atoms with Gasteiger partial charge in [-0.3, -0.25) is 10.1 Å². The van der Waals surface area contributed by atoms with Crippen molar-refractivity contribution >= 4 is 28.4 Å². The van der Waals surface area contributed by atoms with E-state index in [0.29, 0.717) is 11.4 Å². The Bertz CT molecular complexity index is 1020. The number of aromatic nitrogens is 2. The predicted molar refractivity (Wildman–Crippen MR) is 86.2 cm³/mol. The monoisotopic (exact) mass is 312 g/mol. The van der Waals surface area contributed by atoms with Gasteiger partial charge in [-0.15, -0.1) is 0 Å². The van der Waals surface area contributed by atoms with Gasteiger partial charge in [-0.2, -0.15) is 0 Å². The number of H-pyrrole nitrogens is 1. The highest BCUT2D eigenvalue weighted by atomic mass is 16.4. The van der Waals surface area contributed by atoms with Crippen LogP contribution < -0.4 is 22.3 Å². The molecule has 0 aliphatic rings. The van der Waals surface area contributed by atoms with Gasteiger partial charge in [0.1, 0.15) is 0 Å². The van der Waals surface area contributed by atoms with E-state index >= 15 is 0 Å². The third-order valence-electron chi connectivity index (χ3n) is 3.30. The first-order chi connectivity index (χ1) is 11.0. The molecule has 0 aliphatic heterocycles. The lowest BCUT2D eigenvalue weighted by Crippen LogP contribution is -2.33. The van der Waals surface area contributed by atoms with Crippen LogP contribution in [0.2, 0.25) is 0 Å². The van der Waals surface area contributed by atoms with Gasteiger partial charge in [-0.05, 0) is 42.5 Å². The smallest absolute Gasteiger partial charge is 0.409 e. The molecule has 1 aromatic heterocycles. The number of hydrogen-bond acceptors (Lipinski definition) is 4. The lowest BCUT2D eigenvalue weighted by Gasteiger charge is -2.08. The minimum Gasteiger partial charge on any atom is -0.465 e. The van der Waals surface area contributed by atoms with Gasteiger partial charge in [-0.1, -0.05) is 0 Å². The van der Waals surface area contributed by atoms with E-state index in [9.17, 15) is 14.4 Å². The van der Waals surface area contributed by atoms with Crippen molar-refractivity contribution in [1.82, 2.24) is 9.55 Å². The van der Waals surface area contributed by atoms with Crippen molar-refractivity contribution in [3.8, 4) is 5.69 Å². The number of carbonyl (C=O) groups is 1. The van der Waals surface area contributed by atoms with Crippen LogP contribution in [-0.2, 0) is 0 Å². The van der Waals surface area contributed by atoms with E-state index < -0.39 is 17.3 Å². The Morgan fingerprint density at radius 1 is 1.13 bits per heavy atom. The number of amides is 1. The maximum Gasteiger partial charge on any atom is 0.409 e. The summed E-state index contributed by atoms with van der Waals surface area (Å²) in [6, 6.07) is 10.6. The topological polar surface area (TPSA) is 130 Å². The zero-order chi connectivity index (χ0) is 16.6. The summed E-state index contributed by atoms with van der Waals surface area (Å²) in [5.41, 5.74) is 5.88. The molecule has 8 nitrogen and oxygen atoms in total. The van der Waals surface area contributed by atoms with Crippen molar-refractivity contribution in [2.24, 2.45) is 0 Å². The van der Waals surface area contributed by atoms with E-state index in [4.69, 9.17) is 10.8 Å². The second-order valence-corrected chi connectivity index (χ2v) is 4.85. The van der Waals surface area contributed by atoms with Crippen molar-refractivity contribution in [2.45, 2.75) is 0 Å². The fourth-order valence-corrected chi connectivity index (χ4v) is 2.28. The Balaban J connectivity index is 2.22. The molecule has 0 spiro atoms. The lowest BCUT2D eigenvalue weighted by atomic mass is 10.2. The number of nitrogens with two attached hydrogens (primary N) is 1. The van der Waals surface area contributed by atoms with Gasteiger partial charge in [-0.25, -0.2) is 14.2 Å². The van der Waals surface area contributed by atoms with Gasteiger partial charge >= 0.3 is 11.8 Å². The summed E-state index contributed by atoms with van der Waals surface area (Å²) in [5.74, 6) is 0. The van der Waals surface area contributed by atoms with Crippen LogP contribution in [-0.4, -0.2) is 20.8 Å². The van der Waals surface area contributed by atoms with Crippen molar-refractivity contribution in [2.75, 3.05) is 11.1 Å². The lowest BCUT2D eigenvalue weighted by molar-refractivity contribution is 0.210. The summed E-state index contributed by atoms with van der Waals surface area (Å²) in [4.78, 5) is 38.0. The van der Waals surface area contributed by atoms with Crippen LogP contribution >= 0.6 is 0 Å². The third-order valence-corrected chi connectivity index (χ3v) is 3.30. The molecule has 0 aliphatic carbocycles. The minimum atomic E-state index is -1.23. The van der Waals surface area contributed by atoms with Crippen molar-refractivity contribution in [1.29, 1.82) is 0 Å². The number of nitrogens with one attached hydrogen (secondary N) is 2. The Morgan fingerprint density at radius 3 is 2.48 bits per heavy atom. The SMILES string of the molecule is Nc1ccc(-n2c(=O)[nH]c3cc(NC(=O)O)ccc3c2=O)cc1. The first-order valence-corrected chi connectivity index (χ1v) is 6.60. The van der Waals surface area contributed by atoms with Crippen LogP contribution in [0, 0.1) is 0 Å². The molecule has 0 fully saturated rings. The molecule has 3 aromatic rings. The molecule has 3 rings (SSSR count). The first kappa shape index (κ1) is 14.4. The van der Waals surface area contributed by atoms with Crippen LogP contribution in [0.5, 0.6) is 0 Å². The number of fused-ring (bicyclic) bond motifs is 1. The van der Waals surface area contributed by atoms with Crippen LogP contribution in [0.4, 0.5) is 16.2 Å². The predicted octanol–water partition coefficient (Wildman–Crippen LogP) is 1.35. The number of carboxylic acid groups (broad SMARTS) is 1. The Morgan fingerprint density at radius 2 is 1.83 bits per heavy atom. The maximum absolute atomic E-state index is 12.5. The van der Waals surface area contributed by atoms with E-state index in [2.05, 4.69) is 10.3 Å². The molecular formula is C15H12N4O4. The van der Waals surface area contributed by atoms with E-state index in [1.165, 1.54) is 18.2 Å². The standard InChI is InChI=1S/C15H12N4O4/c16-8-1-4-10(5-2-8)19-13(20)11-6-3-9(17-15(22)23)7-12(11)18-14(19)21/h1-7,17H,16H2,(H,18,21)(H,22,23). The summed E-state index contributed by atoms with van der Waals surface area (Å²) >= 11 is 0. The van der Waals surface area contributed by atoms with Crippen LogP contribution in [0.3, 0.4) is 0 Å². The number of benzene rings is 2. The van der Waals surface area contributed by atoms with Gasteiger partial charge in [0.05, 0.1) is 16.6 Å². The second-order valence-electron chi connectivity index (χ2n) is 4.85. The highest BCUT2D eigenvalue weighted by Gasteiger charge is 2.10. The molecule has 1 heterocycles. The fraction of sp³-hybridized carbons (Fsp3) is 0. The number of rotatable bonds is 2. The highest BCUT2D eigenvalue weighted by Crippen LogP contribution is 2.14. The largest absolute Gasteiger partial charge is 0.465 e. The minimum absolute atomic E-state index is 0.248. The number of hydrogen-bond donors (Lipinski definition) is 4. The van der Waals surface area contributed by atoms with Crippen LogP contribution in [0.25, 0.3) is 16.6 Å². The Kier molecular flexibility index (Phi) is 3.34. The number of aromatic amines is 1. The number of nitrogens with zero attached hydrogens (tertiary/aromatic N) is 1. The van der Waals surface area contributed by atoms with E-state index in [-0.39, 0.29) is 16.6 Å². The van der Waals surface area contributed by atoms with Gasteiger partial charge in [0.2, 0.25) is 0 Å².